The molecule has 3 aromatic heterocycles. The highest BCUT2D eigenvalue weighted by molar-refractivity contribution is 7.98. The lowest BCUT2D eigenvalue weighted by Crippen LogP contribution is -2.22. The van der Waals surface area contributed by atoms with Crippen molar-refractivity contribution in [1.82, 2.24) is 25.1 Å². The number of thioether (sulfide) groups is 1. The van der Waals surface area contributed by atoms with E-state index in [0.717, 1.165) is 16.8 Å². The largest absolute Gasteiger partial charge is 0.467 e. The van der Waals surface area contributed by atoms with Gasteiger partial charge in [0.25, 0.3) is 5.91 Å². The third-order valence-corrected chi connectivity index (χ3v) is 6.24. The first-order valence-corrected chi connectivity index (χ1v) is 11.8. The second-order valence-electron chi connectivity index (χ2n) is 7.60. The van der Waals surface area contributed by atoms with Crippen molar-refractivity contribution in [3.63, 3.8) is 0 Å². The van der Waals surface area contributed by atoms with Crippen LogP contribution in [0.5, 0.6) is 0 Å². The van der Waals surface area contributed by atoms with E-state index in [1.807, 2.05) is 34.9 Å². The van der Waals surface area contributed by atoms with Crippen LogP contribution in [0.1, 0.15) is 21.7 Å². The number of halogens is 1. The summed E-state index contributed by atoms with van der Waals surface area (Å²) in [5.41, 5.74) is 3.21. The average molecular weight is 486 g/mol. The van der Waals surface area contributed by atoms with E-state index in [0.29, 0.717) is 34.6 Å². The molecule has 9 heteroatoms. The highest BCUT2D eigenvalue weighted by Gasteiger charge is 2.16. The minimum Gasteiger partial charge on any atom is -0.467 e. The first-order chi connectivity index (χ1) is 17.2. The molecule has 0 aliphatic carbocycles. The molecule has 3 heterocycles. The summed E-state index contributed by atoms with van der Waals surface area (Å²) in [7, 11) is 0. The molecular weight excluding hydrogens is 465 g/mol. The van der Waals surface area contributed by atoms with E-state index < -0.39 is 0 Å². The topological polar surface area (TPSA) is 85.8 Å². The van der Waals surface area contributed by atoms with Crippen LogP contribution in [-0.2, 0) is 12.3 Å². The van der Waals surface area contributed by atoms with Gasteiger partial charge in [-0.25, -0.2) is 4.39 Å². The molecule has 0 radical (unpaired) electrons. The van der Waals surface area contributed by atoms with Crippen molar-refractivity contribution >= 4 is 17.7 Å². The predicted octanol–water partition coefficient (Wildman–Crippen LogP) is 5.28. The van der Waals surface area contributed by atoms with Gasteiger partial charge in [-0.3, -0.25) is 14.3 Å². The van der Waals surface area contributed by atoms with Gasteiger partial charge in [0, 0.05) is 35.0 Å². The molecule has 0 spiro atoms. The van der Waals surface area contributed by atoms with Crippen LogP contribution in [0.25, 0.3) is 17.1 Å². The van der Waals surface area contributed by atoms with Crippen LogP contribution >= 0.6 is 11.8 Å². The Hall–Kier alpha value is -4.24. The summed E-state index contributed by atoms with van der Waals surface area (Å²) in [5.74, 6) is 1.48. The fraction of sp³-hybridized carbons (Fsp3) is 0.0769. The van der Waals surface area contributed by atoms with Crippen LogP contribution in [0.4, 0.5) is 4.39 Å². The molecule has 0 unspecified atom stereocenters. The number of nitrogens with zero attached hydrogens (tertiary/aromatic N) is 4. The number of amides is 1. The van der Waals surface area contributed by atoms with E-state index in [1.54, 1.807) is 49.0 Å². The number of carbonyl (C=O) groups is 1. The number of benzene rings is 2. The molecule has 5 rings (SSSR count). The van der Waals surface area contributed by atoms with Crippen molar-refractivity contribution in [2.45, 2.75) is 17.5 Å². The van der Waals surface area contributed by atoms with E-state index in [9.17, 15) is 9.18 Å². The van der Waals surface area contributed by atoms with Crippen molar-refractivity contribution in [3.8, 4) is 17.1 Å². The number of hydrogen-bond donors (Lipinski definition) is 1. The molecule has 0 saturated heterocycles. The first-order valence-electron chi connectivity index (χ1n) is 10.8. The lowest BCUT2D eigenvalue weighted by molar-refractivity contribution is 0.0948. The van der Waals surface area contributed by atoms with Crippen molar-refractivity contribution < 1.29 is 13.6 Å². The maximum absolute atomic E-state index is 13.5. The predicted molar refractivity (Wildman–Crippen MR) is 130 cm³/mol. The quantitative estimate of drug-likeness (QED) is 0.301. The van der Waals surface area contributed by atoms with Crippen LogP contribution in [0.2, 0.25) is 0 Å². The Labute approximate surface area is 205 Å². The molecule has 0 saturated carbocycles. The lowest BCUT2D eigenvalue weighted by atomic mass is 10.1. The maximum Gasteiger partial charge on any atom is 0.251 e. The first kappa shape index (κ1) is 22.5. The standard InChI is InChI=1S/C26H20FN5O2S/c27-21-7-9-22(10-8-21)32-24(19-11-13-28-14-12-19)30-31-26(32)35-17-18-3-5-20(6-4-18)25(33)29-16-23-2-1-15-34-23/h1-15H,16-17H2,(H,29,33). The summed E-state index contributed by atoms with van der Waals surface area (Å²) >= 11 is 1.50. The third kappa shape index (κ3) is 5.30. The molecule has 7 nitrogen and oxygen atoms in total. The van der Waals surface area contributed by atoms with Crippen molar-refractivity contribution in [3.05, 3.63) is 114 Å². The minimum absolute atomic E-state index is 0.168. The number of hydrogen-bond acceptors (Lipinski definition) is 6. The number of pyridine rings is 1. The summed E-state index contributed by atoms with van der Waals surface area (Å²) in [6.07, 6.45) is 4.96. The molecule has 1 N–H and O–H groups in total. The minimum atomic E-state index is -0.310. The van der Waals surface area contributed by atoms with Crippen LogP contribution in [-0.4, -0.2) is 25.7 Å². The highest BCUT2D eigenvalue weighted by Crippen LogP contribution is 2.29. The van der Waals surface area contributed by atoms with Gasteiger partial charge in [0.1, 0.15) is 11.6 Å². The normalized spacial score (nSPS) is 10.9. The molecule has 0 aliphatic rings. The van der Waals surface area contributed by atoms with Gasteiger partial charge in [-0.2, -0.15) is 0 Å². The molecule has 0 fully saturated rings. The molecule has 2 aromatic carbocycles. The Morgan fingerprint density at radius 2 is 1.74 bits per heavy atom. The Balaban J connectivity index is 1.32. The molecular formula is C26H20FN5O2S. The van der Waals surface area contributed by atoms with E-state index in [2.05, 4.69) is 20.5 Å². The second-order valence-corrected chi connectivity index (χ2v) is 8.54. The highest BCUT2D eigenvalue weighted by atomic mass is 32.2. The van der Waals surface area contributed by atoms with Gasteiger partial charge in [0.2, 0.25) is 0 Å². The molecule has 0 bridgehead atoms. The number of carbonyl (C=O) groups excluding carboxylic acids is 1. The Morgan fingerprint density at radius 3 is 2.46 bits per heavy atom. The van der Waals surface area contributed by atoms with Gasteiger partial charge < -0.3 is 9.73 Å². The van der Waals surface area contributed by atoms with Crippen LogP contribution in [0.3, 0.4) is 0 Å². The van der Waals surface area contributed by atoms with Crippen LogP contribution in [0.15, 0.2) is 101 Å². The monoisotopic (exact) mass is 485 g/mol. The zero-order valence-corrected chi connectivity index (χ0v) is 19.3. The Morgan fingerprint density at radius 1 is 0.971 bits per heavy atom. The molecule has 0 atom stereocenters. The van der Waals surface area contributed by atoms with Crippen molar-refractivity contribution in [2.75, 3.05) is 0 Å². The number of nitrogens with one attached hydrogen (secondary N) is 1. The van der Waals surface area contributed by atoms with E-state index in [-0.39, 0.29) is 11.7 Å². The smallest absolute Gasteiger partial charge is 0.251 e. The number of furan rings is 1. The maximum atomic E-state index is 13.5. The fourth-order valence-electron chi connectivity index (χ4n) is 3.46. The van der Waals surface area contributed by atoms with Crippen LogP contribution < -0.4 is 5.32 Å². The van der Waals surface area contributed by atoms with Gasteiger partial charge >= 0.3 is 0 Å². The van der Waals surface area contributed by atoms with E-state index >= 15 is 0 Å². The summed E-state index contributed by atoms with van der Waals surface area (Å²) in [6.45, 7) is 0.336. The summed E-state index contributed by atoms with van der Waals surface area (Å²) in [4.78, 5) is 16.4. The van der Waals surface area contributed by atoms with E-state index in [4.69, 9.17) is 4.42 Å². The Bertz CT molecular complexity index is 1400. The average Bonchev–Trinajstić information content (AvgIpc) is 3.58. The fourth-order valence-corrected chi connectivity index (χ4v) is 4.36. The zero-order chi connectivity index (χ0) is 24.0. The van der Waals surface area contributed by atoms with Gasteiger partial charge in [0.05, 0.1) is 12.8 Å². The molecule has 1 amide bonds. The molecule has 174 valence electrons. The van der Waals surface area contributed by atoms with Crippen LogP contribution in [0, 0.1) is 5.82 Å². The summed E-state index contributed by atoms with van der Waals surface area (Å²) in [5, 5.41) is 12.3. The summed E-state index contributed by atoms with van der Waals surface area (Å²) < 4.78 is 20.7. The SMILES string of the molecule is O=C(NCc1ccco1)c1ccc(CSc2nnc(-c3ccncc3)n2-c2ccc(F)cc2)cc1. The molecule has 0 aliphatic heterocycles. The van der Waals surface area contributed by atoms with Crippen molar-refractivity contribution in [1.29, 1.82) is 0 Å². The van der Waals surface area contributed by atoms with Gasteiger partial charge in [-0.05, 0) is 66.2 Å². The van der Waals surface area contributed by atoms with Crippen molar-refractivity contribution in [2.24, 2.45) is 0 Å². The Kier molecular flexibility index (Phi) is 6.67. The lowest BCUT2D eigenvalue weighted by Gasteiger charge is -2.10. The number of rotatable bonds is 8. The van der Waals surface area contributed by atoms with Gasteiger partial charge in [-0.1, -0.05) is 23.9 Å². The number of aromatic nitrogens is 4. The third-order valence-electron chi connectivity index (χ3n) is 5.24. The summed E-state index contributed by atoms with van der Waals surface area (Å²) in [6, 6.07) is 20.9. The zero-order valence-electron chi connectivity index (χ0n) is 18.5. The molecule has 5 aromatic rings. The van der Waals surface area contributed by atoms with E-state index in [1.165, 1.54) is 23.9 Å². The van der Waals surface area contributed by atoms with Gasteiger partial charge in [-0.15, -0.1) is 10.2 Å². The second kappa shape index (κ2) is 10.4. The molecule has 35 heavy (non-hydrogen) atoms. The van der Waals surface area contributed by atoms with Gasteiger partial charge in [0.15, 0.2) is 11.0 Å².